The Bertz CT molecular complexity index is 1220. The molecule has 4 rings (SSSR count). The van der Waals surface area contributed by atoms with Gasteiger partial charge in [0.05, 0.1) is 12.7 Å². The van der Waals surface area contributed by atoms with Crippen LogP contribution in [0.5, 0.6) is 0 Å². The number of amides is 1. The van der Waals surface area contributed by atoms with E-state index in [1.54, 1.807) is 6.20 Å². The molecule has 10 heteroatoms. The third-order valence-electron chi connectivity index (χ3n) is 4.85. The molecule has 32 heavy (non-hydrogen) atoms. The first-order valence-electron chi connectivity index (χ1n) is 10.4. The van der Waals surface area contributed by atoms with Gasteiger partial charge >= 0.3 is 0 Å². The Balaban J connectivity index is 1.55. The number of carbonyl (C=O) groups is 1. The molecule has 3 heterocycles. The van der Waals surface area contributed by atoms with Crippen LogP contribution in [0.1, 0.15) is 32.0 Å². The van der Waals surface area contributed by atoms with E-state index in [4.69, 9.17) is 10.1 Å². The van der Waals surface area contributed by atoms with Gasteiger partial charge in [-0.25, -0.2) is 4.98 Å². The van der Waals surface area contributed by atoms with Crippen molar-refractivity contribution in [1.82, 2.24) is 30.1 Å². The summed E-state index contributed by atoms with van der Waals surface area (Å²) in [5.74, 6) is 0.758. The van der Waals surface area contributed by atoms with Crippen molar-refractivity contribution in [2.45, 2.75) is 39.8 Å². The van der Waals surface area contributed by atoms with Crippen LogP contribution in [0, 0.1) is 6.92 Å². The highest BCUT2D eigenvalue weighted by Crippen LogP contribution is 2.34. The topological polar surface area (TPSA) is 103 Å². The monoisotopic (exact) mass is 452 g/mol. The highest BCUT2D eigenvalue weighted by molar-refractivity contribution is 7.20. The number of imidazole rings is 1. The van der Waals surface area contributed by atoms with Gasteiger partial charge in [0.2, 0.25) is 16.0 Å². The number of rotatable bonds is 7. The van der Waals surface area contributed by atoms with Crippen molar-refractivity contribution < 1.29 is 4.79 Å². The number of hydrogen-bond donors (Lipinski definition) is 3. The van der Waals surface area contributed by atoms with Gasteiger partial charge in [-0.2, -0.15) is 9.61 Å². The largest absolute Gasteiger partial charge is 0.364 e. The van der Waals surface area contributed by atoms with E-state index in [1.807, 2.05) is 53.7 Å². The summed E-state index contributed by atoms with van der Waals surface area (Å²) in [6.45, 7) is 8.88. The fourth-order valence-electron chi connectivity index (χ4n) is 3.24. The second kappa shape index (κ2) is 8.62. The predicted molar refractivity (Wildman–Crippen MR) is 128 cm³/mol. The van der Waals surface area contributed by atoms with E-state index >= 15 is 0 Å². The molecule has 1 aromatic carbocycles. The van der Waals surface area contributed by atoms with Gasteiger partial charge in [-0.05, 0) is 27.7 Å². The van der Waals surface area contributed by atoms with Gasteiger partial charge in [0.15, 0.2) is 5.82 Å². The molecular formula is C22H28N8OS. The zero-order valence-corrected chi connectivity index (χ0v) is 19.7. The summed E-state index contributed by atoms with van der Waals surface area (Å²) in [4.78, 5) is 19.9. The van der Waals surface area contributed by atoms with E-state index in [1.165, 1.54) is 11.3 Å². The number of hydrogen-bond acceptors (Lipinski definition) is 7. The van der Waals surface area contributed by atoms with Crippen molar-refractivity contribution in [3.8, 4) is 11.3 Å². The first-order chi connectivity index (χ1) is 15.2. The van der Waals surface area contributed by atoms with Crippen LogP contribution in [0.15, 0.2) is 36.5 Å². The van der Waals surface area contributed by atoms with E-state index in [0.29, 0.717) is 6.54 Å². The molecule has 1 amide bonds. The maximum Gasteiger partial charge on any atom is 0.239 e. The van der Waals surface area contributed by atoms with E-state index in [9.17, 15) is 4.79 Å². The van der Waals surface area contributed by atoms with Crippen molar-refractivity contribution in [2.24, 2.45) is 0 Å². The summed E-state index contributed by atoms with van der Waals surface area (Å²) in [6.07, 6.45) is 1.73. The minimum Gasteiger partial charge on any atom is -0.364 e. The molecule has 0 saturated heterocycles. The molecule has 0 saturated carbocycles. The van der Waals surface area contributed by atoms with E-state index in [-0.39, 0.29) is 18.0 Å². The SMILES string of the molecule is Cc1[nH]ncc1CNC(=O)CN(C)c1nn2c(NC(C)(C)C)c(-c3ccccc3)nc2s1. The van der Waals surface area contributed by atoms with Crippen molar-refractivity contribution in [1.29, 1.82) is 0 Å². The zero-order valence-electron chi connectivity index (χ0n) is 18.9. The number of H-pyrrole nitrogens is 1. The van der Waals surface area contributed by atoms with E-state index < -0.39 is 0 Å². The molecule has 0 bridgehead atoms. The lowest BCUT2D eigenvalue weighted by Gasteiger charge is -2.22. The van der Waals surface area contributed by atoms with Crippen LogP contribution in [0.3, 0.4) is 0 Å². The van der Waals surface area contributed by atoms with Crippen molar-refractivity contribution in [3.05, 3.63) is 47.8 Å². The van der Waals surface area contributed by atoms with Gasteiger partial charge < -0.3 is 15.5 Å². The van der Waals surface area contributed by atoms with Gasteiger partial charge in [-0.15, -0.1) is 5.10 Å². The molecule has 0 radical (unpaired) electrons. The number of nitrogens with zero attached hydrogens (tertiary/aromatic N) is 5. The highest BCUT2D eigenvalue weighted by atomic mass is 32.1. The zero-order chi connectivity index (χ0) is 22.9. The van der Waals surface area contributed by atoms with Crippen molar-refractivity contribution in [2.75, 3.05) is 23.8 Å². The molecule has 0 aliphatic heterocycles. The van der Waals surface area contributed by atoms with E-state index in [2.05, 4.69) is 41.6 Å². The first kappa shape index (κ1) is 21.8. The molecule has 0 atom stereocenters. The third kappa shape index (κ3) is 4.75. The molecule has 0 spiro atoms. The molecule has 3 aromatic heterocycles. The summed E-state index contributed by atoms with van der Waals surface area (Å²) < 4.78 is 1.83. The molecule has 3 N–H and O–H groups in total. The minimum absolute atomic E-state index is 0.0843. The Kier molecular flexibility index (Phi) is 5.88. The molecule has 0 unspecified atom stereocenters. The Morgan fingerprint density at radius 3 is 2.66 bits per heavy atom. The number of aromatic nitrogens is 5. The molecular weight excluding hydrogens is 424 g/mol. The fraction of sp³-hybridized carbons (Fsp3) is 0.364. The van der Waals surface area contributed by atoms with Gasteiger partial charge in [0.1, 0.15) is 5.69 Å². The maximum atomic E-state index is 12.4. The van der Waals surface area contributed by atoms with Gasteiger partial charge in [0, 0.05) is 36.0 Å². The smallest absolute Gasteiger partial charge is 0.239 e. The van der Waals surface area contributed by atoms with Crippen molar-refractivity contribution >= 4 is 33.2 Å². The van der Waals surface area contributed by atoms with Gasteiger partial charge in [0.25, 0.3) is 0 Å². The number of fused-ring (bicyclic) bond motifs is 1. The molecule has 0 aliphatic rings. The quantitative estimate of drug-likeness (QED) is 0.397. The lowest BCUT2D eigenvalue weighted by atomic mass is 10.1. The maximum absolute atomic E-state index is 12.4. The lowest BCUT2D eigenvalue weighted by Crippen LogP contribution is -2.34. The Morgan fingerprint density at radius 2 is 2.00 bits per heavy atom. The molecule has 0 aliphatic carbocycles. The van der Waals surface area contributed by atoms with Crippen LogP contribution in [0.25, 0.3) is 16.2 Å². The summed E-state index contributed by atoms with van der Waals surface area (Å²) in [7, 11) is 1.86. The summed E-state index contributed by atoms with van der Waals surface area (Å²) in [6, 6.07) is 10.1. The molecule has 168 valence electrons. The lowest BCUT2D eigenvalue weighted by molar-refractivity contribution is -0.119. The minimum atomic E-state index is -0.166. The Hall–Kier alpha value is -3.40. The van der Waals surface area contributed by atoms with Crippen LogP contribution in [0.2, 0.25) is 0 Å². The molecule has 4 aromatic rings. The molecule has 9 nitrogen and oxygen atoms in total. The number of aromatic amines is 1. The number of benzene rings is 1. The van der Waals surface area contributed by atoms with Crippen LogP contribution in [0.4, 0.5) is 10.9 Å². The van der Waals surface area contributed by atoms with Gasteiger partial charge in [-0.3, -0.25) is 9.89 Å². The first-order valence-corrected chi connectivity index (χ1v) is 11.2. The van der Waals surface area contributed by atoms with Crippen LogP contribution in [-0.2, 0) is 11.3 Å². The second-order valence-electron chi connectivity index (χ2n) is 8.78. The van der Waals surface area contributed by atoms with Gasteiger partial charge in [-0.1, -0.05) is 41.7 Å². The predicted octanol–water partition coefficient (Wildman–Crippen LogP) is 3.45. The number of nitrogens with one attached hydrogen (secondary N) is 3. The fourth-order valence-corrected chi connectivity index (χ4v) is 4.11. The number of anilines is 2. The Labute approximate surface area is 190 Å². The number of aryl methyl sites for hydroxylation is 1. The highest BCUT2D eigenvalue weighted by Gasteiger charge is 2.23. The normalized spacial score (nSPS) is 11.7. The Morgan fingerprint density at radius 1 is 1.25 bits per heavy atom. The van der Waals surface area contributed by atoms with Crippen LogP contribution >= 0.6 is 11.3 Å². The summed E-state index contributed by atoms with van der Waals surface area (Å²) >= 11 is 1.45. The average molecular weight is 453 g/mol. The average Bonchev–Trinajstić information content (AvgIpc) is 3.42. The third-order valence-corrected chi connectivity index (χ3v) is 5.87. The second-order valence-corrected chi connectivity index (χ2v) is 9.72. The van der Waals surface area contributed by atoms with E-state index in [0.717, 1.165) is 38.4 Å². The number of carbonyl (C=O) groups excluding carboxylic acids is 1. The standard InChI is InChI=1S/C22H28N8OS/c1-14-16(12-24-27-14)11-23-17(31)13-29(5)21-28-30-19(26-22(2,3)4)18(25-20(30)32-21)15-9-7-6-8-10-15/h6-10,12,26H,11,13H2,1-5H3,(H,23,31)(H,24,27). The van der Waals surface area contributed by atoms with Crippen molar-refractivity contribution in [3.63, 3.8) is 0 Å². The van der Waals surface area contributed by atoms with Crippen LogP contribution in [-0.4, -0.2) is 49.8 Å². The summed E-state index contributed by atoms with van der Waals surface area (Å²) in [5, 5.41) is 18.8. The number of likely N-dealkylation sites (N-methyl/N-ethyl adjacent to an activating group) is 1. The summed E-state index contributed by atoms with van der Waals surface area (Å²) in [5.41, 5.74) is 3.65. The van der Waals surface area contributed by atoms with Crippen LogP contribution < -0.4 is 15.5 Å². The molecule has 0 fully saturated rings.